The highest BCUT2D eigenvalue weighted by Crippen LogP contribution is 2.12. The average Bonchev–Trinajstić information content (AvgIpc) is 2.85. The summed E-state index contributed by atoms with van der Waals surface area (Å²) in [4.78, 5) is 0. The standard InChI is InChI=1S/C11H16N4O4S2/c1-2-20(16,17)13-6-8-21(18,19)14-10-4-7-15-11(9-10)3-5-12-15/h3-5,7,9,13-14H,2,6,8H2,1H3. The number of anilines is 1. The highest BCUT2D eigenvalue weighted by Gasteiger charge is 2.13. The molecule has 2 aromatic rings. The first-order valence-corrected chi connectivity index (χ1v) is 9.53. The average molecular weight is 332 g/mol. The first-order valence-electron chi connectivity index (χ1n) is 6.22. The van der Waals surface area contributed by atoms with E-state index in [-0.39, 0.29) is 18.1 Å². The van der Waals surface area contributed by atoms with Gasteiger partial charge in [0.15, 0.2) is 0 Å². The van der Waals surface area contributed by atoms with Crippen molar-refractivity contribution in [3.8, 4) is 0 Å². The minimum Gasteiger partial charge on any atom is -0.283 e. The lowest BCUT2D eigenvalue weighted by molar-refractivity contribution is 0.583. The first kappa shape index (κ1) is 15.7. The van der Waals surface area contributed by atoms with Crippen LogP contribution in [0, 0.1) is 0 Å². The van der Waals surface area contributed by atoms with Crippen LogP contribution >= 0.6 is 0 Å². The third-order valence-electron chi connectivity index (χ3n) is 2.75. The monoisotopic (exact) mass is 332 g/mol. The van der Waals surface area contributed by atoms with Gasteiger partial charge in [-0.3, -0.25) is 4.72 Å². The Labute approximate surface area is 123 Å². The molecule has 2 N–H and O–H groups in total. The minimum absolute atomic E-state index is 0.0850. The normalized spacial score (nSPS) is 12.6. The van der Waals surface area contributed by atoms with Crippen molar-refractivity contribution in [2.45, 2.75) is 6.92 Å². The van der Waals surface area contributed by atoms with E-state index >= 15 is 0 Å². The summed E-state index contributed by atoms with van der Waals surface area (Å²) >= 11 is 0. The Morgan fingerprint density at radius 2 is 1.95 bits per heavy atom. The van der Waals surface area contributed by atoms with Gasteiger partial charge in [0, 0.05) is 18.9 Å². The summed E-state index contributed by atoms with van der Waals surface area (Å²) in [5.74, 6) is -0.422. The van der Waals surface area contributed by atoms with Crippen LogP contribution < -0.4 is 9.44 Å². The van der Waals surface area contributed by atoms with Gasteiger partial charge in [0.25, 0.3) is 0 Å². The Kier molecular flexibility index (Phi) is 4.49. The Hall–Kier alpha value is -1.65. The number of nitrogens with one attached hydrogen (secondary N) is 2. The van der Waals surface area contributed by atoms with E-state index in [2.05, 4.69) is 14.5 Å². The smallest absolute Gasteiger partial charge is 0.234 e. The molecule has 0 aliphatic heterocycles. The number of aromatic nitrogens is 2. The summed E-state index contributed by atoms with van der Waals surface area (Å²) in [6.07, 6.45) is 3.24. The topological polar surface area (TPSA) is 110 Å². The van der Waals surface area contributed by atoms with Gasteiger partial charge in [-0.25, -0.2) is 26.1 Å². The van der Waals surface area contributed by atoms with Crippen LogP contribution in [0.3, 0.4) is 0 Å². The molecule has 2 heterocycles. The van der Waals surface area contributed by atoms with Crippen LogP contribution in [0.25, 0.3) is 5.52 Å². The van der Waals surface area contributed by atoms with E-state index in [1.807, 2.05) is 0 Å². The molecule has 0 fully saturated rings. The van der Waals surface area contributed by atoms with E-state index in [9.17, 15) is 16.8 Å². The predicted octanol–water partition coefficient (Wildman–Crippen LogP) is 0.0153. The third-order valence-corrected chi connectivity index (χ3v) is 5.44. The molecular weight excluding hydrogens is 316 g/mol. The molecule has 0 aliphatic carbocycles. The van der Waals surface area contributed by atoms with Gasteiger partial charge in [0.1, 0.15) is 0 Å². The summed E-state index contributed by atoms with van der Waals surface area (Å²) < 4.78 is 52.4. The second-order valence-electron chi connectivity index (χ2n) is 4.33. The molecule has 21 heavy (non-hydrogen) atoms. The Balaban J connectivity index is 2.00. The Morgan fingerprint density at radius 3 is 2.67 bits per heavy atom. The van der Waals surface area contributed by atoms with Crippen molar-refractivity contribution in [3.63, 3.8) is 0 Å². The van der Waals surface area contributed by atoms with Gasteiger partial charge in [-0.2, -0.15) is 5.10 Å². The molecule has 116 valence electrons. The SMILES string of the molecule is CCS(=O)(=O)NCCS(=O)(=O)Nc1ccn2nccc2c1. The Bertz CT molecular complexity index is 827. The number of hydrogen-bond donors (Lipinski definition) is 2. The lowest BCUT2D eigenvalue weighted by atomic mass is 10.4. The van der Waals surface area contributed by atoms with Crippen molar-refractivity contribution in [2.75, 3.05) is 22.8 Å². The molecule has 2 aromatic heterocycles. The molecule has 0 atom stereocenters. The molecule has 0 aliphatic rings. The lowest BCUT2D eigenvalue weighted by Gasteiger charge is -2.09. The van der Waals surface area contributed by atoms with Crippen molar-refractivity contribution in [2.24, 2.45) is 0 Å². The maximum absolute atomic E-state index is 11.9. The van der Waals surface area contributed by atoms with E-state index < -0.39 is 20.0 Å². The minimum atomic E-state index is -3.62. The van der Waals surface area contributed by atoms with Crippen LogP contribution in [0.1, 0.15) is 6.92 Å². The van der Waals surface area contributed by atoms with E-state index in [1.165, 1.54) is 6.92 Å². The van der Waals surface area contributed by atoms with E-state index in [4.69, 9.17) is 0 Å². The number of rotatable bonds is 7. The van der Waals surface area contributed by atoms with Crippen LogP contribution in [0.15, 0.2) is 30.6 Å². The molecule has 0 unspecified atom stereocenters. The summed E-state index contributed by atoms with van der Waals surface area (Å²) in [6, 6.07) is 4.96. The molecule has 0 radical (unpaired) electrons. The van der Waals surface area contributed by atoms with Gasteiger partial charge in [-0.05, 0) is 25.1 Å². The molecule has 2 rings (SSSR count). The fourth-order valence-corrected chi connectivity index (χ4v) is 3.35. The van der Waals surface area contributed by atoms with Crippen LogP contribution in [0.5, 0.6) is 0 Å². The predicted molar refractivity (Wildman–Crippen MR) is 80.1 cm³/mol. The second kappa shape index (κ2) is 6.00. The van der Waals surface area contributed by atoms with Crippen LogP contribution in [-0.2, 0) is 20.0 Å². The van der Waals surface area contributed by atoms with E-state index in [0.29, 0.717) is 5.69 Å². The van der Waals surface area contributed by atoms with Crippen LogP contribution in [0.2, 0.25) is 0 Å². The van der Waals surface area contributed by atoms with Gasteiger partial charge >= 0.3 is 0 Å². The number of hydrogen-bond acceptors (Lipinski definition) is 5. The highest BCUT2D eigenvalue weighted by molar-refractivity contribution is 7.92. The zero-order valence-electron chi connectivity index (χ0n) is 11.4. The maximum Gasteiger partial charge on any atom is 0.234 e. The summed E-state index contributed by atoms with van der Waals surface area (Å²) in [5, 5.41) is 4.01. The number of sulfonamides is 2. The molecule has 0 aromatic carbocycles. The first-order chi connectivity index (χ1) is 9.81. The number of pyridine rings is 1. The quantitative estimate of drug-likeness (QED) is 0.742. The molecule has 0 spiro atoms. The second-order valence-corrected chi connectivity index (χ2v) is 8.27. The zero-order valence-corrected chi connectivity index (χ0v) is 13.0. The van der Waals surface area contributed by atoms with Crippen molar-refractivity contribution in [3.05, 3.63) is 30.6 Å². The summed E-state index contributed by atoms with van der Waals surface area (Å²) in [6.45, 7) is 1.32. The van der Waals surface area contributed by atoms with Gasteiger partial charge in [0.05, 0.1) is 22.7 Å². The summed E-state index contributed by atoms with van der Waals surface area (Å²) in [5.41, 5.74) is 1.16. The van der Waals surface area contributed by atoms with Crippen molar-refractivity contribution < 1.29 is 16.8 Å². The molecular formula is C11H16N4O4S2. The number of nitrogens with zero attached hydrogens (tertiary/aromatic N) is 2. The molecule has 0 amide bonds. The van der Waals surface area contributed by atoms with Gasteiger partial charge in [-0.15, -0.1) is 0 Å². The Morgan fingerprint density at radius 1 is 1.19 bits per heavy atom. The molecule has 8 nitrogen and oxygen atoms in total. The van der Waals surface area contributed by atoms with E-state index in [1.54, 1.807) is 35.1 Å². The van der Waals surface area contributed by atoms with Crippen molar-refractivity contribution in [1.82, 2.24) is 14.3 Å². The van der Waals surface area contributed by atoms with Crippen LogP contribution in [-0.4, -0.2) is 44.5 Å². The molecule has 10 heteroatoms. The van der Waals surface area contributed by atoms with Gasteiger partial charge in [-0.1, -0.05) is 0 Å². The van der Waals surface area contributed by atoms with Gasteiger partial charge in [0.2, 0.25) is 20.0 Å². The fourth-order valence-electron chi connectivity index (χ4n) is 1.65. The zero-order chi connectivity index (χ0) is 15.5. The molecule has 0 saturated carbocycles. The van der Waals surface area contributed by atoms with E-state index in [0.717, 1.165) is 5.52 Å². The van der Waals surface area contributed by atoms with Crippen molar-refractivity contribution in [1.29, 1.82) is 0 Å². The van der Waals surface area contributed by atoms with Crippen molar-refractivity contribution >= 4 is 31.3 Å². The van der Waals surface area contributed by atoms with Crippen LogP contribution in [0.4, 0.5) is 5.69 Å². The third kappa shape index (κ3) is 4.41. The largest absolute Gasteiger partial charge is 0.283 e. The van der Waals surface area contributed by atoms with Gasteiger partial charge < -0.3 is 0 Å². The fraction of sp³-hybridized carbons (Fsp3) is 0.364. The maximum atomic E-state index is 11.9. The molecule has 0 bridgehead atoms. The number of fused-ring (bicyclic) bond motifs is 1. The lowest BCUT2D eigenvalue weighted by Crippen LogP contribution is -2.32. The highest BCUT2D eigenvalue weighted by atomic mass is 32.2. The molecule has 0 saturated heterocycles. The summed E-state index contributed by atoms with van der Waals surface area (Å²) in [7, 11) is -7.01.